The summed E-state index contributed by atoms with van der Waals surface area (Å²) in [4.78, 5) is 26.9. The quantitative estimate of drug-likeness (QED) is 0.391. The number of thiophene rings is 1. The van der Waals surface area contributed by atoms with Crippen molar-refractivity contribution in [2.45, 2.75) is 12.5 Å². The van der Waals surface area contributed by atoms with Gasteiger partial charge in [-0.1, -0.05) is 17.7 Å². The van der Waals surface area contributed by atoms with Gasteiger partial charge in [0.1, 0.15) is 5.02 Å². The first-order chi connectivity index (χ1) is 14.9. The van der Waals surface area contributed by atoms with Gasteiger partial charge in [-0.25, -0.2) is 0 Å². The number of rotatable bonds is 5. The second kappa shape index (κ2) is 8.56. The molecule has 1 atom stereocenters. The molecule has 0 N–H and O–H groups in total. The fourth-order valence-corrected chi connectivity index (χ4v) is 4.91. The number of carbonyl (C=O) groups is 1. The highest BCUT2D eigenvalue weighted by molar-refractivity contribution is 7.10. The summed E-state index contributed by atoms with van der Waals surface area (Å²) < 4.78 is 10.9. The zero-order valence-corrected chi connectivity index (χ0v) is 18.4. The van der Waals surface area contributed by atoms with Gasteiger partial charge in [0.2, 0.25) is 0 Å². The number of hydrogen-bond acceptors (Lipinski definition) is 6. The van der Waals surface area contributed by atoms with E-state index in [2.05, 4.69) is 0 Å². The molecule has 0 bridgehead atoms. The van der Waals surface area contributed by atoms with Crippen LogP contribution in [0.1, 0.15) is 32.4 Å². The summed E-state index contributed by atoms with van der Waals surface area (Å²) in [6.45, 7) is 0.459. The highest BCUT2D eigenvalue weighted by Crippen LogP contribution is 2.43. The largest absolute Gasteiger partial charge is 0.493 e. The molecule has 1 amide bonds. The van der Waals surface area contributed by atoms with E-state index in [1.165, 1.54) is 18.2 Å². The van der Waals surface area contributed by atoms with Gasteiger partial charge in [0.15, 0.2) is 11.5 Å². The Hall–Kier alpha value is -3.10. The minimum absolute atomic E-state index is 0.00261. The molecule has 160 valence electrons. The lowest BCUT2D eigenvalue weighted by Crippen LogP contribution is -2.40. The zero-order valence-electron chi connectivity index (χ0n) is 16.8. The molecular weight excluding hydrogens is 440 g/mol. The molecule has 1 aliphatic rings. The normalized spacial score (nSPS) is 15.3. The number of methoxy groups -OCH3 is 2. The van der Waals surface area contributed by atoms with Crippen molar-refractivity contribution in [2.24, 2.45) is 0 Å². The highest BCUT2D eigenvalue weighted by atomic mass is 35.5. The van der Waals surface area contributed by atoms with Gasteiger partial charge in [-0.05, 0) is 53.3 Å². The molecule has 1 aliphatic heterocycles. The van der Waals surface area contributed by atoms with Crippen molar-refractivity contribution in [1.29, 1.82) is 0 Å². The number of ether oxygens (including phenoxy) is 2. The van der Waals surface area contributed by atoms with Gasteiger partial charge in [0, 0.05) is 23.1 Å². The number of nitro benzene ring substituents is 1. The first-order valence-corrected chi connectivity index (χ1v) is 10.7. The maximum absolute atomic E-state index is 13.5. The van der Waals surface area contributed by atoms with E-state index < -0.39 is 4.92 Å². The third-order valence-corrected chi connectivity index (χ3v) is 6.58. The van der Waals surface area contributed by atoms with Crippen LogP contribution in [-0.2, 0) is 6.42 Å². The Morgan fingerprint density at radius 2 is 1.94 bits per heavy atom. The summed E-state index contributed by atoms with van der Waals surface area (Å²) >= 11 is 7.48. The summed E-state index contributed by atoms with van der Waals surface area (Å²) in [5.74, 6) is 0.928. The molecule has 0 aliphatic carbocycles. The number of halogens is 1. The Balaban J connectivity index is 1.81. The molecule has 0 fully saturated rings. The molecule has 0 saturated carbocycles. The van der Waals surface area contributed by atoms with E-state index in [9.17, 15) is 14.9 Å². The Bertz CT molecular complexity index is 1150. The monoisotopic (exact) mass is 458 g/mol. The van der Waals surface area contributed by atoms with E-state index in [1.807, 2.05) is 29.6 Å². The average Bonchev–Trinajstić information content (AvgIpc) is 3.31. The van der Waals surface area contributed by atoms with E-state index >= 15 is 0 Å². The molecule has 9 heteroatoms. The summed E-state index contributed by atoms with van der Waals surface area (Å²) in [6, 6.07) is 11.6. The van der Waals surface area contributed by atoms with E-state index in [1.54, 1.807) is 30.5 Å². The lowest BCUT2D eigenvalue weighted by Gasteiger charge is -2.37. The molecule has 4 rings (SSSR count). The molecule has 0 spiro atoms. The van der Waals surface area contributed by atoms with Crippen molar-refractivity contribution in [3.05, 3.63) is 84.5 Å². The van der Waals surface area contributed by atoms with Gasteiger partial charge in [0.25, 0.3) is 11.6 Å². The van der Waals surface area contributed by atoms with Crippen LogP contribution in [0, 0.1) is 10.1 Å². The first kappa shape index (κ1) is 21.1. The topological polar surface area (TPSA) is 81.9 Å². The highest BCUT2D eigenvalue weighted by Gasteiger charge is 2.35. The molecule has 31 heavy (non-hydrogen) atoms. The predicted molar refractivity (Wildman–Crippen MR) is 119 cm³/mol. The van der Waals surface area contributed by atoms with Crippen molar-refractivity contribution in [1.82, 2.24) is 4.90 Å². The standard InChI is InChI=1S/C22H19ClN2O5S/c1-29-18-11-13-7-8-24(22(26)14-5-6-16(23)17(10-14)25(27)28)21(20-4-3-9-31-20)15(13)12-19(18)30-2/h3-6,9-12,21H,7-8H2,1-2H3. The Kier molecular flexibility index (Phi) is 5.84. The maximum atomic E-state index is 13.5. The van der Waals surface area contributed by atoms with Crippen LogP contribution in [0.2, 0.25) is 5.02 Å². The maximum Gasteiger partial charge on any atom is 0.288 e. The first-order valence-electron chi connectivity index (χ1n) is 9.47. The van der Waals surface area contributed by atoms with Gasteiger partial charge in [-0.2, -0.15) is 0 Å². The fraction of sp³-hybridized carbons (Fsp3) is 0.227. The van der Waals surface area contributed by atoms with Crippen LogP contribution in [0.5, 0.6) is 11.5 Å². The molecule has 1 unspecified atom stereocenters. The van der Waals surface area contributed by atoms with Crippen LogP contribution >= 0.6 is 22.9 Å². The second-order valence-electron chi connectivity index (χ2n) is 7.00. The van der Waals surface area contributed by atoms with Crippen molar-refractivity contribution >= 4 is 34.5 Å². The molecule has 2 aromatic carbocycles. The summed E-state index contributed by atoms with van der Waals surface area (Å²) in [5.41, 5.74) is 1.95. The third-order valence-electron chi connectivity index (χ3n) is 5.34. The van der Waals surface area contributed by atoms with Gasteiger partial charge in [-0.3, -0.25) is 14.9 Å². The lowest BCUT2D eigenvalue weighted by atomic mass is 9.90. The smallest absolute Gasteiger partial charge is 0.288 e. The van der Waals surface area contributed by atoms with Crippen LogP contribution in [-0.4, -0.2) is 36.5 Å². The van der Waals surface area contributed by atoms with Crippen molar-refractivity contribution < 1.29 is 19.2 Å². The second-order valence-corrected chi connectivity index (χ2v) is 8.38. The third kappa shape index (κ3) is 3.84. The Labute approximate surface area is 187 Å². The Morgan fingerprint density at radius 1 is 1.19 bits per heavy atom. The van der Waals surface area contributed by atoms with Crippen LogP contribution in [0.15, 0.2) is 47.8 Å². The average molecular weight is 459 g/mol. The predicted octanol–water partition coefficient (Wildman–Crippen LogP) is 5.11. The number of nitro groups is 1. The summed E-state index contributed by atoms with van der Waals surface area (Å²) in [7, 11) is 3.16. The molecule has 7 nitrogen and oxygen atoms in total. The minimum atomic E-state index is -0.585. The minimum Gasteiger partial charge on any atom is -0.493 e. The molecule has 3 aromatic rings. The van der Waals surface area contributed by atoms with Gasteiger partial charge in [0.05, 0.1) is 25.2 Å². The fourth-order valence-electron chi connectivity index (χ4n) is 3.87. The lowest BCUT2D eigenvalue weighted by molar-refractivity contribution is -0.384. The van der Waals surface area contributed by atoms with Crippen LogP contribution in [0.3, 0.4) is 0 Å². The van der Waals surface area contributed by atoms with Crippen molar-refractivity contribution in [3.63, 3.8) is 0 Å². The molecule has 2 heterocycles. The number of nitrogens with zero attached hydrogens (tertiary/aromatic N) is 2. The van der Waals surface area contributed by atoms with Crippen LogP contribution in [0.4, 0.5) is 5.69 Å². The van der Waals surface area contributed by atoms with Gasteiger partial charge in [-0.15, -0.1) is 11.3 Å². The molecule has 0 saturated heterocycles. The van der Waals surface area contributed by atoms with E-state index in [0.29, 0.717) is 24.5 Å². The molecule has 1 aromatic heterocycles. The number of carbonyl (C=O) groups excluding carboxylic acids is 1. The molecular formula is C22H19ClN2O5S. The van der Waals surface area contributed by atoms with E-state index in [-0.39, 0.29) is 28.2 Å². The van der Waals surface area contributed by atoms with Crippen molar-refractivity contribution in [2.75, 3.05) is 20.8 Å². The molecule has 0 radical (unpaired) electrons. The zero-order chi connectivity index (χ0) is 22.1. The summed E-state index contributed by atoms with van der Waals surface area (Å²) in [6.07, 6.45) is 0.624. The number of hydrogen-bond donors (Lipinski definition) is 0. The SMILES string of the molecule is COc1cc2c(cc1OC)C(c1cccs1)N(C(=O)c1ccc(Cl)c([N+](=O)[O-])c1)CC2. The van der Waals surface area contributed by atoms with E-state index in [0.717, 1.165) is 16.0 Å². The van der Waals surface area contributed by atoms with Crippen LogP contribution in [0.25, 0.3) is 0 Å². The Morgan fingerprint density at radius 3 is 2.58 bits per heavy atom. The number of fused-ring (bicyclic) bond motifs is 1. The number of amides is 1. The van der Waals surface area contributed by atoms with Crippen molar-refractivity contribution in [3.8, 4) is 11.5 Å². The van der Waals surface area contributed by atoms with Gasteiger partial charge >= 0.3 is 0 Å². The van der Waals surface area contributed by atoms with Gasteiger partial charge < -0.3 is 14.4 Å². The number of benzene rings is 2. The summed E-state index contributed by atoms with van der Waals surface area (Å²) in [5, 5.41) is 13.2. The van der Waals surface area contributed by atoms with E-state index in [4.69, 9.17) is 21.1 Å². The van der Waals surface area contributed by atoms with Crippen LogP contribution < -0.4 is 9.47 Å².